The highest BCUT2D eigenvalue weighted by Gasteiger charge is 2.03. The second-order valence-corrected chi connectivity index (χ2v) is 6.48. The fourth-order valence-corrected chi connectivity index (χ4v) is 3.19. The van der Waals surface area contributed by atoms with E-state index in [-0.39, 0.29) is 0 Å². The minimum absolute atomic E-state index is 0.501. The van der Waals surface area contributed by atoms with E-state index in [0.29, 0.717) is 6.04 Å². The van der Waals surface area contributed by atoms with Gasteiger partial charge >= 0.3 is 0 Å². The zero-order valence-electron chi connectivity index (χ0n) is 10.5. The highest BCUT2D eigenvalue weighted by Crippen LogP contribution is 2.15. The molecule has 1 rings (SSSR count). The van der Waals surface area contributed by atoms with E-state index in [2.05, 4.69) is 54.7 Å². The first-order chi connectivity index (χ1) is 7.70. The molecule has 92 valence electrons. The molecule has 1 aromatic heterocycles. The topological polar surface area (TPSA) is 12.0 Å². The molecule has 1 N–H and O–H groups in total. The molecule has 16 heavy (non-hydrogen) atoms. The highest BCUT2D eigenvalue weighted by atomic mass is 32.2. The maximum atomic E-state index is 3.57. The number of hydrogen-bond donors (Lipinski definition) is 1. The third-order valence-corrected chi connectivity index (χ3v) is 4.59. The molecular formula is C13H23NS2. The maximum Gasteiger partial charge on any atom is 0.0300 e. The largest absolute Gasteiger partial charge is 0.310 e. The van der Waals surface area contributed by atoms with Gasteiger partial charge in [0.25, 0.3) is 0 Å². The van der Waals surface area contributed by atoms with E-state index in [1.165, 1.54) is 23.5 Å². The summed E-state index contributed by atoms with van der Waals surface area (Å²) in [6.45, 7) is 7.93. The second-order valence-electron chi connectivity index (χ2n) is 4.55. The van der Waals surface area contributed by atoms with Gasteiger partial charge in [0.05, 0.1) is 0 Å². The summed E-state index contributed by atoms with van der Waals surface area (Å²) in [7, 11) is 0. The van der Waals surface area contributed by atoms with Gasteiger partial charge in [-0.3, -0.25) is 0 Å². The SMILES string of the molecule is CC(C)CSCCCNC(C)c1ccsc1. The summed E-state index contributed by atoms with van der Waals surface area (Å²) in [5.74, 6) is 3.39. The van der Waals surface area contributed by atoms with Crippen molar-refractivity contribution in [2.45, 2.75) is 33.2 Å². The Morgan fingerprint density at radius 1 is 1.38 bits per heavy atom. The Kier molecular flexibility index (Phi) is 7.17. The molecule has 1 heterocycles. The van der Waals surface area contributed by atoms with Crippen LogP contribution in [0.1, 0.15) is 38.8 Å². The zero-order chi connectivity index (χ0) is 11.8. The van der Waals surface area contributed by atoms with Gasteiger partial charge in [0.1, 0.15) is 0 Å². The van der Waals surface area contributed by atoms with Crippen molar-refractivity contribution in [3.05, 3.63) is 22.4 Å². The summed E-state index contributed by atoms with van der Waals surface area (Å²) in [5.41, 5.74) is 1.42. The van der Waals surface area contributed by atoms with Crippen LogP contribution in [-0.4, -0.2) is 18.1 Å². The van der Waals surface area contributed by atoms with E-state index in [0.717, 1.165) is 12.5 Å². The van der Waals surface area contributed by atoms with Crippen LogP contribution in [0.3, 0.4) is 0 Å². The lowest BCUT2D eigenvalue weighted by molar-refractivity contribution is 0.574. The van der Waals surface area contributed by atoms with Crippen LogP contribution >= 0.6 is 23.1 Å². The minimum Gasteiger partial charge on any atom is -0.310 e. The van der Waals surface area contributed by atoms with Crippen molar-refractivity contribution < 1.29 is 0 Å². The van der Waals surface area contributed by atoms with E-state index in [1.807, 2.05) is 0 Å². The average molecular weight is 257 g/mol. The van der Waals surface area contributed by atoms with Gasteiger partial charge in [0, 0.05) is 6.04 Å². The van der Waals surface area contributed by atoms with Gasteiger partial charge in [-0.1, -0.05) is 13.8 Å². The molecule has 0 aliphatic rings. The van der Waals surface area contributed by atoms with Crippen LogP contribution in [0.2, 0.25) is 0 Å². The van der Waals surface area contributed by atoms with E-state index >= 15 is 0 Å². The minimum atomic E-state index is 0.501. The molecule has 0 amide bonds. The van der Waals surface area contributed by atoms with E-state index in [9.17, 15) is 0 Å². The first kappa shape index (κ1) is 14.1. The monoisotopic (exact) mass is 257 g/mol. The molecule has 1 aromatic rings. The van der Waals surface area contributed by atoms with Crippen LogP contribution < -0.4 is 5.32 Å². The molecule has 0 fully saturated rings. The number of hydrogen-bond acceptors (Lipinski definition) is 3. The summed E-state index contributed by atoms with van der Waals surface area (Å²) < 4.78 is 0. The fourth-order valence-electron chi connectivity index (χ4n) is 1.45. The fraction of sp³-hybridized carbons (Fsp3) is 0.692. The van der Waals surface area contributed by atoms with Gasteiger partial charge < -0.3 is 5.32 Å². The standard InChI is InChI=1S/C13H23NS2/c1-11(2)9-15-7-4-6-14-12(3)13-5-8-16-10-13/h5,8,10-12,14H,4,6-7,9H2,1-3H3. The molecule has 3 heteroatoms. The third-order valence-electron chi connectivity index (χ3n) is 2.41. The van der Waals surface area contributed by atoms with E-state index in [1.54, 1.807) is 11.3 Å². The first-order valence-corrected chi connectivity index (χ1v) is 8.13. The van der Waals surface area contributed by atoms with Crippen LogP contribution in [0.15, 0.2) is 16.8 Å². The smallest absolute Gasteiger partial charge is 0.0300 e. The molecule has 1 unspecified atom stereocenters. The number of thiophene rings is 1. The van der Waals surface area contributed by atoms with Crippen molar-refractivity contribution in [1.29, 1.82) is 0 Å². The van der Waals surface area contributed by atoms with Crippen LogP contribution in [0.4, 0.5) is 0 Å². The molecule has 1 atom stereocenters. The van der Waals surface area contributed by atoms with E-state index in [4.69, 9.17) is 0 Å². The second kappa shape index (κ2) is 8.15. The Labute approximate surface area is 108 Å². The lowest BCUT2D eigenvalue weighted by Crippen LogP contribution is -2.19. The lowest BCUT2D eigenvalue weighted by atomic mass is 10.2. The summed E-state index contributed by atoms with van der Waals surface area (Å²) >= 11 is 3.85. The van der Waals surface area contributed by atoms with Gasteiger partial charge in [-0.05, 0) is 59.7 Å². The predicted octanol–water partition coefficient (Wildman–Crippen LogP) is 4.18. The maximum absolute atomic E-state index is 3.57. The third kappa shape index (κ3) is 5.92. The summed E-state index contributed by atoms with van der Waals surface area (Å²) in [5, 5.41) is 7.94. The molecule has 0 spiro atoms. The Balaban J connectivity index is 1.99. The number of thioether (sulfide) groups is 1. The first-order valence-electron chi connectivity index (χ1n) is 6.03. The van der Waals surface area contributed by atoms with Crippen LogP contribution in [0, 0.1) is 5.92 Å². The normalized spacial score (nSPS) is 13.2. The van der Waals surface area contributed by atoms with Gasteiger partial charge in [-0.15, -0.1) is 0 Å². The van der Waals surface area contributed by atoms with Crippen molar-refractivity contribution in [3.8, 4) is 0 Å². The van der Waals surface area contributed by atoms with Gasteiger partial charge in [-0.2, -0.15) is 23.1 Å². The molecule has 1 nitrogen and oxygen atoms in total. The average Bonchev–Trinajstić information content (AvgIpc) is 2.75. The van der Waals surface area contributed by atoms with Crippen molar-refractivity contribution in [2.75, 3.05) is 18.1 Å². The quantitative estimate of drug-likeness (QED) is 0.701. The van der Waals surface area contributed by atoms with Gasteiger partial charge in [0.15, 0.2) is 0 Å². The van der Waals surface area contributed by atoms with Crippen molar-refractivity contribution >= 4 is 23.1 Å². The lowest BCUT2D eigenvalue weighted by Gasteiger charge is -2.12. The predicted molar refractivity (Wildman–Crippen MR) is 77.5 cm³/mol. The Bertz CT molecular complexity index is 257. The Morgan fingerprint density at radius 3 is 2.81 bits per heavy atom. The number of nitrogens with one attached hydrogen (secondary N) is 1. The van der Waals surface area contributed by atoms with Crippen LogP contribution in [0.25, 0.3) is 0 Å². The Morgan fingerprint density at radius 2 is 2.19 bits per heavy atom. The van der Waals surface area contributed by atoms with Gasteiger partial charge in [0.2, 0.25) is 0 Å². The summed E-state index contributed by atoms with van der Waals surface area (Å²) in [4.78, 5) is 0. The number of rotatable bonds is 8. The molecule has 0 aromatic carbocycles. The zero-order valence-corrected chi connectivity index (χ0v) is 12.2. The van der Waals surface area contributed by atoms with Crippen LogP contribution in [-0.2, 0) is 0 Å². The van der Waals surface area contributed by atoms with Crippen LogP contribution in [0.5, 0.6) is 0 Å². The molecule has 0 radical (unpaired) electrons. The van der Waals surface area contributed by atoms with Crippen molar-refractivity contribution in [3.63, 3.8) is 0 Å². The highest BCUT2D eigenvalue weighted by molar-refractivity contribution is 7.99. The Hall–Kier alpha value is 0.01000. The molecular weight excluding hydrogens is 234 g/mol. The van der Waals surface area contributed by atoms with E-state index < -0.39 is 0 Å². The molecule has 0 aliphatic heterocycles. The van der Waals surface area contributed by atoms with Gasteiger partial charge in [-0.25, -0.2) is 0 Å². The molecule has 0 saturated carbocycles. The van der Waals surface area contributed by atoms with Crippen molar-refractivity contribution in [1.82, 2.24) is 5.32 Å². The summed E-state index contributed by atoms with van der Waals surface area (Å²) in [6, 6.07) is 2.71. The molecule has 0 aliphatic carbocycles. The molecule has 0 saturated heterocycles. The molecule has 0 bridgehead atoms. The summed E-state index contributed by atoms with van der Waals surface area (Å²) in [6.07, 6.45) is 1.27. The van der Waals surface area contributed by atoms with Crippen molar-refractivity contribution in [2.24, 2.45) is 5.92 Å².